The first-order valence-corrected chi connectivity index (χ1v) is 11.9. The Morgan fingerprint density at radius 1 is 1.19 bits per heavy atom. The summed E-state index contributed by atoms with van der Waals surface area (Å²) in [5, 5.41) is 3.93. The predicted molar refractivity (Wildman–Crippen MR) is 125 cm³/mol. The molecule has 2 atom stereocenters. The number of sulfonamides is 1. The van der Waals surface area contributed by atoms with Gasteiger partial charge in [-0.05, 0) is 55.5 Å². The Balaban J connectivity index is 1.79. The smallest absolute Gasteiger partial charge is 0.229 e. The third kappa shape index (κ3) is 4.35. The van der Waals surface area contributed by atoms with Crippen molar-refractivity contribution in [1.82, 2.24) is 15.3 Å². The molecule has 0 saturated carbocycles. The number of anilines is 2. The number of aryl methyl sites for hydroxylation is 1. The van der Waals surface area contributed by atoms with E-state index in [1.165, 1.54) is 7.11 Å². The molecule has 0 spiro atoms. The van der Waals surface area contributed by atoms with Gasteiger partial charge in [0.15, 0.2) is 5.11 Å². The Bertz CT molecular complexity index is 1210. The average molecular weight is 458 g/mol. The number of aromatic amines is 1. The second kappa shape index (κ2) is 8.20. The first-order valence-electron chi connectivity index (χ1n) is 9.59. The van der Waals surface area contributed by atoms with Crippen LogP contribution in [-0.2, 0) is 10.0 Å². The fourth-order valence-corrected chi connectivity index (χ4v) is 4.68. The molecule has 4 rings (SSSR count). The second-order valence-corrected chi connectivity index (χ2v) is 9.49. The van der Waals surface area contributed by atoms with Gasteiger partial charge in [-0.25, -0.2) is 8.42 Å². The van der Waals surface area contributed by atoms with Gasteiger partial charge in [-0.1, -0.05) is 6.07 Å². The molecule has 0 radical (unpaired) electrons. The number of methoxy groups -OCH3 is 1. The van der Waals surface area contributed by atoms with Crippen LogP contribution in [0.15, 0.2) is 54.7 Å². The van der Waals surface area contributed by atoms with Crippen LogP contribution in [0.25, 0.3) is 0 Å². The van der Waals surface area contributed by atoms with E-state index in [0.29, 0.717) is 16.5 Å². The molecule has 0 unspecified atom stereocenters. The molecule has 1 fully saturated rings. The normalized spacial score (nSPS) is 18.7. The number of hydrogen-bond acceptors (Lipinski definition) is 5. The standard InChI is InChI=1S/C21H23N5O3S2/c1-13-7-9-17(23-13)20-19(16-6-4-5-11-22-16)24-21(30)26(20)14-8-10-15(18(12-14)29-2)25-31(3,27)28/h4-12,19-20,23,25H,1-3H3,(H,24,30)/t19-,20-/m1/s1. The summed E-state index contributed by atoms with van der Waals surface area (Å²) in [5.74, 6) is 0.397. The van der Waals surface area contributed by atoms with Gasteiger partial charge in [-0.3, -0.25) is 9.71 Å². The van der Waals surface area contributed by atoms with E-state index >= 15 is 0 Å². The Morgan fingerprint density at radius 3 is 2.61 bits per heavy atom. The number of ether oxygens (including phenoxy) is 1. The van der Waals surface area contributed by atoms with E-state index in [1.54, 1.807) is 18.3 Å². The number of rotatable bonds is 6. The molecule has 2 aromatic heterocycles. The van der Waals surface area contributed by atoms with Gasteiger partial charge in [0.05, 0.1) is 30.8 Å². The topological polar surface area (TPSA) is 99.3 Å². The summed E-state index contributed by atoms with van der Waals surface area (Å²) in [5.41, 5.74) is 4.02. The maximum atomic E-state index is 11.7. The lowest BCUT2D eigenvalue weighted by molar-refractivity contribution is 0.417. The Labute approximate surface area is 186 Å². The molecule has 1 aromatic carbocycles. The lowest BCUT2D eigenvalue weighted by atomic mass is 10.0. The highest BCUT2D eigenvalue weighted by Gasteiger charge is 2.41. The molecule has 1 aliphatic rings. The molecule has 3 heterocycles. The van der Waals surface area contributed by atoms with Crippen LogP contribution >= 0.6 is 12.2 Å². The number of thiocarbonyl (C=S) groups is 1. The van der Waals surface area contributed by atoms with Gasteiger partial charge in [0.1, 0.15) is 11.8 Å². The maximum Gasteiger partial charge on any atom is 0.229 e. The van der Waals surface area contributed by atoms with Gasteiger partial charge >= 0.3 is 0 Å². The van der Waals surface area contributed by atoms with Crippen molar-refractivity contribution < 1.29 is 13.2 Å². The van der Waals surface area contributed by atoms with Gasteiger partial charge in [0.25, 0.3) is 0 Å². The maximum absolute atomic E-state index is 11.7. The van der Waals surface area contributed by atoms with Crippen molar-refractivity contribution in [3.8, 4) is 5.75 Å². The van der Waals surface area contributed by atoms with Crippen LogP contribution in [0.5, 0.6) is 5.75 Å². The highest BCUT2D eigenvalue weighted by Crippen LogP contribution is 2.42. The first-order chi connectivity index (χ1) is 14.8. The average Bonchev–Trinajstić information content (AvgIpc) is 3.30. The summed E-state index contributed by atoms with van der Waals surface area (Å²) >= 11 is 5.70. The molecule has 8 nitrogen and oxygen atoms in total. The van der Waals surface area contributed by atoms with Crippen molar-refractivity contribution in [1.29, 1.82) is 0 Å². The van der Waals surface area contributed by atoms with E-state index in [2.05, 4.69) is 20.0 Å². The Kier molecular flexibility index (Phi) is 5.59. The zero-order chi connectivity index (χ0) is 22.2. The Hall–Kier alpha value is -3.11. The van der Waals surface area contributed by atoms with Crippen molar-refractivity contribution >= 4 is 38.7 Å². The molecule has 1 saturated heterocycles. The van der Waals surface area contributed by atoms with E-state index in [1.807, 2.05) is 48.2 Å². The zero-order valence-electron chi connectivity index (χ0n) is 17.3. The molecule has 3 aromatic rings. The third-order valence-corrected chi connectivity index (χ3v) is 5.94. The van der Waals surface area contributed by atoms with Crippen LogP contribution in [0.3, 0.4) is 0 Å². The summed E-state index contributed by atoms with van der Waals surface area (Å²) in [6, 6.07) is 14.7. The van der Waals surface area contributed by atoms with E-state index in [-0.39, 0.29) is 12.1 Å². The van der Waals surface area contributed by atoms with E-state index in [0.717, 1.165) is 29.0 Å². The van der Waals surface area contributed by atoms with Gasteiger partial charge in [-0.2, -0.15) is 0 Å². The lowest BCUT2D eigenvalue weighted by Crippen LogP contribution is -2.29. The van der Waals surface area contributed by atoms with Crippen LogP contribution in [0.2, 0.25) is 0 Å². The van der Waals surface area contributed by atoms with E-state index < -0.39 is 10.0 Å². The number of aromatic nitrogens is 2. The largest absolute Gasteiger partial charge is 0.494 e. The van der Waals surface area contributed by atoms with Crippen LogP contribution in [-0.4, -0.2) is 36.9 Å². The van der Waals surface area contributed by atoms with Crippen LogP contribution in [0.4, 0.5) is 11.4 Å². The van der Waals surface area contributed by atoms with Crippen molar-refractivity contribution in [3.05, 3.63) is 71.8 Å². The van der Waals surface area contributed by atoms with Crippen molar-refractivity contribution in [2.24, 2.45) is 0 Å². The van der Waals surface area contributed by atoms with Gasteiger partial charge in [0, 0.05) is 29.3 Å². The van der Waals surface area contributed by atoms with Crippen LogP contribution in [0, 0.1) is 6.92 Å². The van der Waals surface area contributed by atoms with Crippen LogP contribution in [0.1, 0.15) is 29.2 Å². The number of hydrogen-bond donors (Lipinski definition) is 3. The second-order valence-electron chi connectivity index (χ2n) is 7.35. The van der Waals surface area contributed by atoms with Crippen LogP contribution < -0.4 is 19.7 Å². The number of benzene rings is 1. The van der Waals surface area contributed by atoms with Crippen molar-refractivity contribution in [2.75, 3.05) is 23.0 Å². The Morgan fingerprint density at radius 2 is 2.00 bits per heavy atom. The zero-order valence-corrected chi connectivity index (χ0v) is 18.9. The summed E-state index contributed by atoms with van der Waals surface area (Å²) in [4.78, 5) is 9.94. The molecule has 3 N–H and O–H groups in total. The molecule has 0 aliphatic carbocycles. The summed E-state index contributed by atoms with van der Waals surface area (Å²) in [6.07, 6.45) is 2.86. The molecule has 0 bridgehead atoms. The fourth-order valence-electron chi connectivity index (χ4n) is 3.76. The van der Waals surface area contributed by atoms with E-state index in [9.17, 15) is 8.42 Å². The van der Waals surface area contributed by atoms with Gasteiger partial charge in [-0.15, -0.1) is 0 Å². The first kappa shape index (κ1) is 21.1. The quantitative estimate of drug-likeness (QED) is 0.489. The monoisotopic (exact) mass is 457 g/mol. The molecule has 1 aliphatic heterocycles. The number of H-pyrrole nitrogens is 1. The summed E-state index contributed by atoms with van der Waals surface area (Å²) in [6.45, 7) is 2.00. The molecule has 0 amide bonds. The molecular weight excluding hydrogens is 434 g/mol. The minimum Gasteiger partial charge on any atom is -0.494 e. The summed E-state index contributed by atoms with van der Waals surface area (Å²) in [7, 11) is -1.95. The predicted octanol–water partition coefficient (Wildman–Crippen LogP) is 3.28. The fraction of sp³-hybridized carbons (Fsp3) is 0.238. The molecule has 31 heavy (non-hydrogen) atoms. The van der Waals surface area contributed by atoms with Gasteiger partial charge in [0.2, 0.25) is 10.0 Å². The molecule has 162 valence electrons. The minimum absolute atomic E-state index is 0.174. The molecule has 10 heteroatoms. The highest BCUT2D eigenvalue weighted by atomic mass is 32.2. The van der Waals surface area contributed by atoms with Crippen molar-refractivity contribution in [3.63, 3.8) is 0 Å². The van der Waals surface area contributed by atoms with E-state index in [4.69, 9.17) is 17.0 Å². The molecular formula is C21H23N5O3S2. The highest BCUT2D eigenvalue weighted by molar-refractivity contribution is 7.92. The third-order valence-electron chi connectivity index (χ3n) is 5.03. The summed E-state index contributed by atoms with van der Waals surface area (Å²) < 4.78 is 31.3. The minimum atomic E-state index is -3.44. The lowest BCUT2D eigenvalue weighted by Gasteiger charge is -2.27. The SMILES string of the molecule is COc1cc(N2C(=S)N[C@H](c3ccccn3)[C@H]2c2ccc(C)[nH]2)ccc1NS(C)(=O)=O. The number of pyridine rings is 1. The number of nitrogens with one attached hydrogen (secondary N) is 3. The number of nitrogens with zero attached hydrogens (tertiary/aromatic N) is 2. The van der Waals surface area contributed by atoms with Crippen molar-refractivity contribution in [2.45, 2.75) is 19.0 Å². The van der Waals surface area contributed by atoms with Gasteiger partial charge < -0.3 is 19.9 Å².